The molecule has 1 aromatic heterocycles. The van der Waals surface area contributed by atoms with Gasteiger partial charge in [0.05, 0.1) is 11.6 Å². The number of aliphatic hydroxyl groups is 3. The number of phenols is 3. The zero-order valence-corrected chi connectivity index (χ0v) is 21.4. The number of carbonyl (C=O) groups is 1. The summed E-state index contributed by atoms with van der Waals surface area (Å²) < 4.78 is 22.7. The number of hydrogen-bond acceptors (Lipinski definition) is 10. The van der Waals surface area contributed by atoms with Gasteiger partial charge in [-0.2, -0.15) is 0 Å². The van der Waals surface area contributed by atoms with Crippen LogP contribution in [0.15, 0.2) is 83.3 Å². The fourth-order valence-corrected chi connectivity index (χ4v) is 4.30. The van der Waals surface area contributed by atoms with Gasteiger partial charge in [0.1, 0.15) is 53.7 Å². The second-order valence-corrected chi connectivity index (χ2v) is 9.37. The number of carbonyl (C=O) groups excluding carboxylic acids is 1. The topological polar surface area (TPSA) is 177 Å². The number of esters is 1. The fraction of sp³-hybridized carbons (Fsp3) is 0.200. The van der Waals surface area contributed by atoms with Gasteiger partial charge in [0.15, 0.2) is 0 Å². The van der Waals surface area contributed by atoms with Gasteiger partial charge in [0, 0.05) is 18.2 Å². The summed E-state index contributed by atoms with van der Waals surface area (Å²) in [6.07, 6.45) is -5.15. The predicted molar refractivity (Wildman–Crippen MR) is 145 cm³/mol. The van der Waals surface area contributed by atoms with Crippen molar-refractivity contribution in [3.05, 3.63) is 84.4 Å². The highest BCUT2D eigenvalue weighted by Gasteiger charge is 2.46. The number of benzene rings is 3. The molecule has 1 aliphatic rings. The molecule has 1 fully saturated rings. The minimum atomic E-state index is -1.73. The summed E-state index contributed by atoms with van der Waals surface area (Å²) in [5.41, 5.74) is 1.30. The third-order valence-corrected chi connectivity index (χ3v) is 6.46. The van der Waals surface area contributed by atoms with Crippen molar-refractivity contribution in [1.82, 2.24) is 0 Å². The zero-order chi connectivity index (χ0) is 29.1. The first-order valence-corrected chi connectivity index (χ1v) is 12.6. The maximum Gasteiger partial charge on any atom is 0.402 e. The molecule has 5 rings (SSSR count). The van der Waals surface area contributed by atoms with E-state index in [1.54, 1.807) is 18.2 Å². The Kier molecular flexibility index (Phi) is 8.04. The van der Waals surface area contributed by atoms with Crippen LogP contribution in [0.25, 0.3) is 28.4 Å². The van der Waals surface area contributed by atoms with E-state index in [0.717, 1.165) is 11.6 Å². The molecule has 41 heavy (non-hydrogen) atoms. The second kappa shape index (κ2) is 11.8. The number of phenolic OH excluding ortho intramolecular Hbond substituents is 3. The smallest absolute Gasteiger partial charge is 0.402 e. The molecule has 4 aromatic rings. The Balaban J connectivity index is 1.39. The van der Waals surface area contributed by atoms with Gasteiger partial charge in [-0.1, -0.05) is 30.3 Å². The summed E-state index contributed by atoms with van der Waals surface area (Å²) in [5, 5.41) is 61.8. The summed E-state index contributed by atoms with van der Waals surface area (Å²) in [6, 6.07) is 18.7. The molecule has 2 heterocycles. The Hall–Kier alpha value is -4.68. The maximum absolute atomic E-state index is 12.2. The van der Waals surface area contributed by atoms with Crippen molar-refractivity contribution >= 4 is 23.0 Å². The minimum absolute atomic E-state index is 0.00792. The van der Waals surface area contributed by atoms with Gasteiger partial charge >= 0.3 is 17.3 Å². The van der Waals surface area contributed by atoms with E-state index in [9.17, 15) is 35.4 Å². The van der Waals surface area contributed by atoms with Crippen LogP contribution in [0.4, 0.5) is 0 Å². The molecular weight excluding hydrogens is 536 g/mol. The lowest BCUT2D eigenvalue weighted by atomic mass is 9.99. The number of ether oxygens (including phenoxy) is 3. The van der Waals surface area contributed by atoms with Crippen LogP contribution in [0.1, 0.15) is 5.56 Å². The Morgan fingerprint density at radius 1 is 0.878 bits per heavy atom. The van der Waals surface area contributed by atoms with Gasteiger partial charge in [-0.05, 0) is 35.9 Å². The lowest BCUT2D eigenvalue weighted by molar-refractivity contribution is -0.278. The Morgan fingerprint density at radius 3 is 2.34 bits per heavy atom. The quantitative estimate of drug-likeness (QED) is 0.111. The van der Waals surface area contributed by atoms with Gasteiger partial charge in [-0.15, -0.1) is 0 Å². The number of fused-ring (bicyclic) bond motifs is 1. The van der Waals surface area contributed by atoms with Crippen molar-refractivity contribution < 1.29 is 54.1 Å². The van der Waals surface area contributed by atoms with Crippen molar-refractivity contribution in [1.29, 1.82) is 0 Å². The van der Waals surface area contributed by atoms with Crippen LogP contribution in [-0.4, -0.2) is 73.9 Å². The van der Waals surface area contributed by atoms with E-state index in [-0.39, 0.29) is 39.7 Å². The minimum Gasteiger partial charge on any atom is -0.508 e. The van der Waals surface area contributed by atoms with E-state index in [1.165, 1.54) is 42.5 Å². The standard InChI is InChI=1S/C30H26O11/c31-18-9-7-17(8-10-18)29-23(14-20-21(33)12-19(32)13-22(20)39-29)40-30-28(37)27(36)26(35)24(41-30)15-38-25(34)11-6-16-4-2-1-3-5-16/h1-14,24,26-28,30,35-37H,15H2,(H2-,31,32,33)/p+1/b11-6+/t24-,26-,27+,28-,30-/m1/s1. The van der Waals surface area contributed by atoms with E-state index in [1.807, 2.05) is 18.2 Å². The highest BCUT2D eigenvalue weighted by atomic mass is 16.7. The lowest BCUT2D eigenvalue weighted by Gasteiger charge is -2.39. The van der Waals surface area contributed by atoms with Crippen LogP contribution >= 0.6 is 0 Å². The molecular formula is C30H27O11+. The van der Waals surface area contributed by atoms with Crippen molar-refractivity contribution in [2.75, 3.05) is 6.61 Å². The molecule has 0 aliphatic carbocycles. The predicted octanol–water partition coefficient (Wildman–Crippen LogP) is 2.94. The molecule has 6 N–H and O–H groups in total. The molecule has 0 radical (unpaired) electrons. The molecule has 11 nitrogen and oxygen atoms in total. The molecule has 3 aromatic carbocycles. The van der Waals surface area contributed by atoms with E-state index in [0.29, 0.717) is 5.56 Å². The average Bonchev–Trinajstić information content (AvgIpc) is 2.96. The summed E-state index contributed by atoms with van der Waals surface area (Å²) in [6.45, 7) is -0.463. The molecule has 5 atom stereocenters. The van der Waals surface area contributed by atoms with E-state index in [2.05, 4.69) is 0 Å². The number of aromatic hydroxyl groups is 3. The van der Waals surface area contributed by atoms with E-state index in [4.69, 9.17) is 18.6 Å². The summed E-state index contributed by atoms with van der Waals surface area (Å²) in [5.74, 6) is -1.26. The highest BCUT2D eigenvalue weighted by molar-refractivity contribution is 5.88. The highest BCUT2D eigenvalue weighted by Crippen LogP contribution is 2.40. The Labute approximate surface area is 233 Å². The summed E-state index contributed by atoms with van der Waals surface area (Å²) >= 11 is 0. The first kappa shape index (κ1) is 27.9. The molecule has 1 aliphatic heterocycles. The maximum atomic E-state index is 12.2. The monoisotopic (exact) mass is 563 g/mol. The van der Waals surface area contributed by atoms with Crippen LogP contribution in [0.3, 0.4) is 0 Å². The molecule has 0 saturated carbocycles. The number of hydrogen-bond donors (Lipinski definition) is 6. The largest absolute Gasteiger partial charge is 0.508 e. The molecule has 1 saturated heterocycles. The average molecular weight is 564 g/mol. The summed E-state index contributed by atoms with van der Waals surface area (Å²) in [4.78, 5) is 12.2. The number of rotatable bonds is 7. The fourth-order valence-electron chi connectivity index (χ4n) is 4.30. The van der Waals surface area contributed by atoms with Crippen LogP contribution < -0.4 is 4.74 Å². The third kappa shape index (κ3) is 6.23. The van der Waals surface area contributed by atoms with Crippen LogP contribution in [0.5, 0.6) is 23.0 Å². The van der Waals surface area contributed by atoms with Crippen molar-refractivity contribution in [3.63, 3.8) is 0 Å². The van der Waals surface area contributed by atoms with Crippen LogP contribution in [0, 0.1) is 0 Å². The normalized spacial score (nSPS) is 22.6. The summed E-state index contributed by atoms with van der Waals surface area (Å²) in [7, 11) is 0. The van der Waals surface area contributed by atoms with Crippen molar-refractivity contribution in [2.24, 2.45) is 0 Å². The third-order valence-electron chi connectivity index (χ3n) is 6.46. The lowest BCUT2D eigenvalue weighted by Crippen LogP contribution is -2.60. The van der Waals surface area contributed by atoms with Crippen LogP contribution in [0.2, 0.25) is 0 Å². The Morgan fingerprint density at radius 2 is 1.61 bits per heavy atom. The number of aliphatic hydroxyl groups excluding tert-OH is 3. The van der Waals surface area contributed by atoms with Crippen molar-refractivity contribution in [3.8, 4) is 34.3 Å². The van der Waals surface area contributed by atoms with Gasteiger partial charge in [0.2, 0.25) is 12.0 Å². The van der Waals surface area contributed by atoms with Crippen LogP contribution in [-0.2, 0) is 14.3 Å². The zero-order valence-electron chi connectivity index (χ0n) is 21.4. The van der Waals surface area contributed by atoms with Gasteiger partial charge < -0.3 is 44.8 Å². The second-order valence-electron chi connectivity index (χ2n) is 9.37. The van der Waals surface area contributed by atoms with Gasteiger partial charge in [-0.25, -0.2) is 9.21 Å². The Bertz CT molecular complexity index is 1550. The first-order valence-electron chi connectivity index (χ1n) is 12.6. The first-order chi connectivity index (χ1) is 19.7. The molecule has 0 unspecified atom stereocenters. The molecule has 0 spiro atoms. The van der Waals surface area contributed by atoms with E-state index >= 15 is 0 Å². The van der Waals surface area contributed by atoms with Crippen molar-refractivity contribution in [2.45, 2.75) is 30.7 Å². The SMILES string of the molecule is O=C(/C=C/c1ccccc1)OC[C@H]1O[C@@H](Oc2cc3c(O)cc(O)cc3[o+]c2-c2ccc(O)cc2)[C@H](O)[C@@H](O)[C@@H]1O. The molecule has 11 heteroatoms. The molecule has 212 valence electrons. The molecule has 0 bridgehead atoms. The van der Waals surface area contributed by atoms with Gasteiger partial charge in [-0.3, -0.25) is 0 Å². The molecule has 0 amide bonds. The van der Waals surface area contributed by atoms with E-state index < -0.39 is 43.3 Å². The van der Waals surface area contributed by atoms with Gasteiger partial charge in [0.25, 0.3) is 0 Å².